The van der Waals surface area contributed by atoms with Crippen molar-refractivity contribution < 1.29 is 13.6 Å². The highest BCUT2D eigenvalue weighted by atomic mass is 19.1. The summed E-state index contributed by atoms with van der Waals surface area (Å²) in [5.41, 5.74) is 2.16. The molecule has 0 spiro atoms. The van der Waals surface area contributed by atoms with Gasteiger partial charge in [0.1, 0.15) is 12.0 Å². The summed E-state index contributed by atoms with van der Waals surface area (Å²) in [6, 6.07) is 3.89. The number of halogens is 2. The molecular formula is C20H21F2N5O. The van der Waals surface area contributed by atoms with E-state index < -0.39 is 18.0 Å². The lowest BCUT2D eigenvalue weighted by Crippen LogP contribution is -2.33. The molecule has 6 nitrogen and oxygen atoms in total. The maximum atomic E-state index is 14.4. The van der Waals surface area contributed by atoms with E-state index >= 15 is 0 Å². The van der Waals surface area contributed by atoms with Crippen LogP contribution < -0.4 is 5.32 Å². The molecule has 3 heterocycles. The standard InChI is InChI=1S/C20H21F2N5O/c1-12(2)13-8-23-19-25-18(11-27(19)9-13)16-7-15(3-4-17(16)22)24-20(28)26-6-5-14(21)10-26/h3-4,7-9,11-12,14H,5-6,10H2,1-2H3,(H,24,28). The Morgan fingerprint density at radius 2 is 2.14 bits per heavy atom. The van der Waals surface area contributed by atoms with E-state index in [1.165, 1.54) is 23.1 Å². The molecule has 1 unspecified atom stereocenters. The number of fused-ring (bicyclic) bond motifs is 1. The van der Waals surface area contributed by atoms with Crippen LogP contribution >= 0.6 is 0 Å². The first-order valence-corrected chi connectivity index (χ1v) is 9.25. The Bertz CT molecular complexity index is 1030. The van der Waals surface area contributed by atoms with Crippen LogP contribution in [0.4, 0.5) is 19.3 Å². The normalized spacial score (nSPS) is 16.9. The van der Waals surface area contributed by atoms with Crippen LogP contribution in [-0.4, -0.2) is 44.6 Å². The van der Waals surface area contributed by atoms with E-state index in [-0.39, 0.29) is 12.1 Å². The first-order valence-electron chi connectivity index (χ1n) is 9.25. The number of alkyl halides is 1. The van der Waals surface area contributed by atoms with Gasteiger partial charge < -0.3 is 10.2 Å². The van der Waals surface area contributed by atoms with Crippen molar-refractivity contribution in [2.24, 2.45) is 0 Å². The molecule has 1 aliphatic heterocycles. The van der Waals surface area contributed by atoms with Crippen molar-refractivity contribution in [1.29, 1.82) is 0 Å². The molecule has 28 heavy (non-hydrogen) atoms. The van der Waals surface area contributed by atoms with Crippen LogP contribution in [0.15, 0.2) is 36.8 Å². The van der Waals surface area contributed by atoms with E-state index in [0.29, 0.717) is 36.0 Å². The minimum Gasteiger partial charge on any atom is -0.322 e. The van der Waals surface area contributed by atoms with Gasteiger partial charge in [-0.2, -0.15) is 0 Å². The van der Waals surface area contributed by atoms with E-state index in [0.717, 1.165) is 5.56 Å². The summed E-state index contributed by atoms with van der Waals surface area (Å²) in [7, 11) is 0. The minimum atomic E-state index is -0.990. The fourth-order valence-electron chi connectivity index (χ4n) is 3.23. The highest BCUT2D eigenvalue weighted by molar-refractivity contribution is 5.90. The van der Waals surface area contributed by atoms with Gasteiger partial charge in [0.25, 0.3) is 0 Å². The first-order chi connectivity index (χ1) is 13.4. The Kier molecular flexibility index (Phi) is 4.70. The number of nitrogens with zero attached hydrogens (tertiary/aromatic N) is 4. The van der Waals surface area contributed by atoms with E-state index in [9.17, 15) is 13.6 Å². The molecule has 0 bridgehead atoms. The number of likely N-dealkylation sites (tertiary alicyclic amines) is 1. The molecule has 2 aromatic heterocycles. The third-order valence-corrected chi connectivity index (χ3v) is 4.91. The largest absolute Gasteiger partial charge is 0.322 e. The number of carbonyl (C=O) groups excluding carboxylic acids is 1. The molecule has 1 fully saturated rings. The van der Waals surface area contributed by atoms with Gasteiger partial charge in [-0.15, -0.1) is 0 Å². The molecule has 4 rings (SSSR count). The first kappa shape index (κ1) is 18.3. The van der Waals surface area contributed by atoms with Crippen molar-refractivity contribution in [3.8, 4) is 11.3 Å². The van der Waals surface area contributed by atoms with Crippen LogP contribution in [0.3, 0.4) is 0 Å². The molecule has 0 saturated carbocycles. The van der Waals surface area contributed by atoms with Crippen molar-refractivity contribution in [3.05, 3.63) is 48.2 Å². The summed E-state index contributed by atoms with van der Waals surface area (Å²) in [5.74, 6) is 0.335. The van der Waals surface area contributed by atoms with Crippen LogP contribution in [-0.2, 0) is 0 Å². The summed E-state index contributed by atoms with van der Waals surface area (Å²) in [4.78, 5) is 22.4. The second-order valence-electron chi connectivity index (χ2n) is 7.33. The second kappa shape index (κ2) is 7.18. The lowest BCUT2D eigenvalue weighted by atomic mass is 10.1. The highest BCUT2D eigenvalue weighted by Gasteiger charge is 2.26. The summed E-state index contributed by atoms with van der Waals surface area (Å²) in [5, 5.41) is 2.70. The Morgan fingerprint density at radius 1 is 1.32 bits per heavy atom. The molecule has 1 atom stereocenters. The van der Waals surface area contributed by atoms with Gasteiger partial charge in [0.15, 0.2) is 0 Å². The quantitative estimate of drug-likeness (QED) is 0.734. The molecule has 3 aromatic rings. The van der Waals surface area contributed by atoms with Gasteiger partial charge in [-0.1, -0.05) is 13.8 Å². The number of rotatable bonds is 3. The molecule has 1 N–H and O–H groups in total. The molecule has 1 saturated heterocycles. The lowest BCUT2D eigenvalue weighted by Gasteiger charge is -2.16. The number of imidazole rings is 1. The maximum Gasteiger partial charge on any atom is 0.321 e. The number of hydrogen-bond acceptors (Lipinski definition) is 3. The van der Waals surface area contributed by atoms with Crippen molar-refractivity contribution in [1.82, 2.24) is 19.3 Å². The molecule has 0 radical (unpaired) electrons. The van der Waals surface area contributed by atoms with Gasteiger partial charge in [0.05, 0.1) is 12.2 Å². The summed E-state index contributed by atoms with van der Waals surface area (Å²) < 4.78 is 29.5. The predicted octanol–water partition coefficient (Wildman–Crippen LogP) is 4.23. The molecule has 146 valence electrons. The van der Waals surface area contributed by atoms with E-state index in [4.69, 9.17) is 0 Å². The van der Waals surface area contributed by atoms with Crippen molar-refractivity contribution in [2.45, 2.75) is 32.4 Å². The second-order valence-corrected chi connectivity index (χ2v) is 7.33. The number of benzene rings is 1. The number of amides is 2. The fourth-order valence-corrected chi connectivity index (χ4v) is 3.23. The maximum absolute atomic E-state index is 14.4. The SMILES string of the molecule is CC(C)c1cnc2nc(-c3cc(NC(=O)N4CCC(F)C4)ccc3F)cn2c1. The zero-order valence-electron chi connectivity index (χ0n) is 15.7. The van der Waals surface area contributed by atoms with E-state index in [2.05, 4.69) is 29.1 Å². The minimum absolute atomic E-state index is 0.0795. The van der Waals surface area contributed by atoms with Gasteiger partial charge in [0.2, 0.25) is 5.78 Å². The zero-order chi connectivity index (χ0) is 19.8. The van der Waals surface area contributed by atoms with Crippen LogP contribution in [0.2, 0.25) is 0 Å². The van der Waals surface area contributed by atoms with Crippen LogP contribution in [0.25, 0.3) is 17.0 Å². The van der Waals surface area contributed by atoms with Gasteiger partial charge in [0, 0.05) is 36.4 Å². The van der Waals surface area contributed by atoms with Gasteiger partial charge >= 0.3 is 6.03 Å². The van der Waals surface area contributed by atoms with Gasteiger partial charge in [-0.05, 0) is 36.1 Å². The van der Waals surface area contributed by atoms with Crippen LogP contribution in [0, 0.1) is 5.82 Å². The fraction of sp³-hybridized carbons (Fsp3) is 0.350. The third kappa shape index (κ3) is 3.54. The Balaban J connectivity index is 1.62. The molecule has 1 aliphatic rings. The van der Waals surface area contributed by atoms with Crippen molar-refractivity contribution in [3.63, 3.8) is 0 Å². The van der Waals surface area contributed by atoms with E-state index in [1.54, 1.807) is 16.8 Å². The Morgan fingerprint density at radius 3 is 2.86 bits per heavy atom. The molecular weight excluding hydrogens is 364 g/mol. The zero-order valence-corrected chi connectivity index (χ0v) is 15.7. The van der Waals surface area contributed by atoms with E-state index in [1.807, 2.05) is 6.20 Å². The number of anilines is 1. The van der Waals surface area contributed by atoms with Gasteiger partial charge in [-0.25, -0.2) is 23.5 Å². The summed E-state index contributed by atoms with van der Waals surface area (Å²) in [6.07, 6.45) is 4.75. The number of urea groups is 1. The molecule has 8 heteroatoms. The monoisotopic (exact) mass is 385 g/mol. The smallest absolute Gasteiger partial charge is 0.321 e. The topological polar surface area (TPSA) is 62.5 Å². The predicted molar refractivity (Wildman–Crippen MR) is 103 cm³/mol. The molecule has 1 aromatic carbocycles. The van der Waals surface area contributed by atoms with Crippen molar-refractivity contribution in [2.75, 3.05) is 18.4 Å². The number of nitrogens with one attached hydrogen (secondary N) is 1. The summed E-state index contributed by atoms with van der Waals surface area (Å²) in [6.45, 7) is 4.59. The van der Waals surface area contributed by atoms with Crippen molar-refractivity contribution >= 4 is 17.5 Å². The Labute approximate surface area is 161 Å². The number of hydrogen-bond donors (Lipinski definition) is 1. The van der Waals surface area contributed by atoms with Crippen LogP contribution in [0.5, 0.6) is 0 Å². The third-order valence-electron chi connectivity index (χ3n) is 4.91. The average molecular weight is 385 g/mol. The Hall–Kier alpha value is -3.03. The number of carbonyl (C=O) groups is 1. The average Bonchev–Trinajstić information content (AvgIpc) is 3.28. The highest BCUT2D eigenvalue weighted by Crippen LogP contribution is 2.26. The number of aromatic nitrogens is 3. The van der Waals surface area contributed by atoms with Crippen LogP contribution in [0.1, 0.15) is 31.7 Å². The summed E-state index contributed by atoms with van der Waals surface area (Å²) >= 11 is 0. The molecule has 0 aliphatic carbocycles. The molecule has 2 amide bonds. The van der Waals surface area contributed by atoms with Gasteiger partial charge in [-0.3, -0.25) is 4.40 Å². The lowest BCUT2D eigenvalue weighted by molar-refractivity contribution is 0.218.